The molecule has 0 atom stereocenters. The van der Waals surface area contributed by atoms with Gasteiger partial charge in [-0.2, -0.15) is 0 Å². The molecule has 0 amide bonds. The monoisotopic (exact) mass is 913 g/mol. The number of aromatic nitrogens is 1. The standard InChI is InChI=1S/C68H68N2/c1-65(2,3)48-39-47(40-49(41-48)66(4,5)6)55-29-20-23-46-24-21-31-59(63(46)55)57-27-16-18-33-61(57)69(54-43-50(67(7,8)9)42-51(44-54)68(10,11)12)53-37-35-45(36-38-53)56-30-22-32-60-58-28-17-19-34-62(58)70(64(56)60)52-25-14-13-15-26-52/h13-44H,1-12H3. The van der Waals surface area contributed by atoms with Gasteiger partial charge in [-0.15, -0.1) is 0 Å². The Hall–Kier alpha value is -7.16. The van der Waals surface area contributed by atoms with Crippen LogP contribution < -0.4 is 4.90 Å². The lowest BCUT2D eigenvalue weighted by Gasteiger charge is -2.32. The number of hydrogen-bond acceptors (Lipinski definition) is 1. The second-order valence-electron chi connectivity index (χ2n) is 23.6. The minimum atomic E-state index is -0.0705. The minimum absolute atomic E-state index is 0.00754. The molecule has 1 aromatic heterocycles. The third-order valence-electron chi connectivity index (χ3n) is 14.4. The fraction of sp³-hybridized carbons (Fsp3) is 0.235. The molecule has 0 fully saturated rings. The Balaban J connectivity index is 1.21. The van der Waals surface area contributed by atoms with Gasteiger partial charge < -0.3 is 9.47 Å². The molecule has 2 heteroatoms. The first-order valence-electron chi connectivity index (χ1n) is 25.2. The summed E-state index contributed by atoms with van der Waals surface area (Å²) in [6.45, 7) is 28.0. The highest BCUT2D eigenvalue weighted by Crippen LogP contribution is 2.48. The van der Waals surface area contributed by atoms with E-state index in [1.54, 1.807) is 0 Å². The van der Waals surface area contributed by atoms with Crippen LogP contribution in [0.2, 0.25) is 0 Å². The van der Waals surface area contributed by atoms with E-state index in [1.165, 1.54) is 88.2 Å². The van der Waals surface area contributed by atoms with Crippen LogP contribution in [0.25, 0.3) is 71.6 Å². The molecule has 0 unspecified atom stereocenters. The highest BCUT2D eigenvalue weighted by Gasteiger charge is 2.27. The molecule has 70 heavy (non-hydrogen) atoms. The second-order valence-corrected chi connectivity index (χ2v) is 23.6. The third-order valence-corrected chi connectivity index (χ3v) is 14.4. The predicted molar refractivity (Wildman–Crippen MR) is 304 cm³/mol. The quantitative estimate of drug-likeness (QED) is 0.155. The molecule has 0 saturated carbocycles. The highest BCUT2D eigenvalue weighted by atomic mass is 15.1. The summed E-state index contributed by atoms with van der Waals surface area (Å²) in [7, 11) is 0. The van der Waals surface area contributed by atoms with Crippen LogP contribution in [-0.4, -0.2) is 4.57 Å². The van der Waals surface area contributed by atoms with Crippen molar-refractivity contribution in [1.82, 2.24) is 4.57 Å². The van der Waals surface area contributed by atoms with Crippen LogP contribution >= 0.6 is 0 Å². The lowest BCUT2D eigenvalue weighted by atomic mass is 9.78. The fourth-order valence-corrected chi connectivity index (χ4v) is 10.3. The third kappa shape index (κ3) is 8.63. The fourth-order valence-electron chi connectivity index (χ4n) is 10.3. The van der Waals surface area contributed by atoms with Gasteiger partial charge in [-0.3, -0.25) is 0 Å². The topological polar surface area (TPSA) is 8.17 Å². The molecular weight excluding hydrogens is 845 g/mol. The van der Waals surface area contributed by atoms with Crippen molar-refractivity contribution >= 4 is 49.6 Å². The number of fused-ring (bicyclic) bond motifs is 4. The highest BCUT2D eigenvalue weighted by molar-refractivity contribution is 6.14. The molecule has 0 spiro atoms. The maximum Gasteiger partial charge on any atom is 0.0619 e. The van der Waals surface area contributed by atoms with E-state index in [0.717, 1.165) is 22.7 Å². The molecule has 0 aliphatic carbocycles. The average molecular weight is 913 g/mol. The number of rotatable bonds is 7. The lowest BCUT2D eigenvalue weighted by Crippen LogP contribution is -2.19. The molecule has 0 saturated heterocycles. The summed E-state index contributed by atoms with van der Waals surface area (Å²) in [5.41, 5.74) is 19.4. The first-order chi connectivity index (χ1) is 33.3. The molecule has 10 aromatic rings. The lowest BCUT2D eigenvalue weighted by molar-refractivity contribution is 0.568. The first kappa shape index (κ1) is 46.6. The van der Waals surface area contributed by atoms with Gasteiger partial charge in [0.2, 0.25) is 0 Å². The van der Waals surface area contributed by atoms with E-state index in [2.05, 4.69) is 287 Å². The number of anilines is 3. The van der Waals surface area contributed by atoms with Crippen molar-refractivity contribution in [2.45, 2.75) is 105 Å². The Morgan fingerprint density at radius 1 is 0.343 bits per heavy atom. The summed E-state index contributed by atoms with van der Waals surface area (Å²) < 4.78 is 2.43. The van der Waals surface area contributed by atoms with Gasteiger partial charge in [-0.05, 0) is 125 Å². The van der Waals surface area contributed by atoms with E-state index < -0.39 is 0 Å². The summed E-state index contributed by atoms with van der Waals surface area (Å²) in [6, 6.07) is 73.0. The van der Waals surface area contributed by atoms with Crippen LogP contribution in [0.3, 0.4) is 0 Å². The Morgan fingerprint density at radius 3 is 1.44 bits per heavy atom. The summed E-state index contributed by atoms with van der Waals surface area (Å²) >= 11 is 0. The van der Waals surface area contributed by atoms with E-state index >= 15 is 0 Å². The van der Waals surface area contributed by atoms with Crippen molar-refractivity contribution in [3.8, 4) is 39.1 Å². The van der Waals surface area contributed by atoms with Gasteiger partial charge in [0.1, 0.15) is 0 Å². The molecule has 0 radical (unpaired) electrons. The van der Waals surface area contributed by atoms with Crippen LogP contribution in [0.15, 0.2) is 194 Å². The zero-order valence-electron chi connectivity index (χ0n) is 43.4. The minimum Gasteiger partial charge on any atom is -0.310 e. The zero-order chi connectivity index (χ0) is 49.3. The smallest absolute Gasteiger partial charge is 0.0619 e. The SMILES string of the molecule is CC(C)(C)c1cc(-c2cccc3cccc(-c4ccccc4N(c4ccc(-c5cccc6c7ccccc7n(-c7ccccc7)c56)cc4)c4cc(C(C)(C)C)cc(C(C)(C)C)c4)c23)cc(C(C)(C)C)c1. The van der Waals surface area contributed by atoms with Crippen molar-refractivity contribution in [2.75, 3.05) is 4.90 Å². The van der Waals surface area contributed by atoms with Crippen LogP contribution in [-0.2, 0) is 21.7 Å². The Labute approximate surface area is 417 Å². The largest absolute Gasteiger partial charge is 0.310 e. The van der Waals surface area contributed by atoms with Gasteiger partial charge in [0.25, 0.3) is 0 Å². The average Bonchev–Trinajstić information content (AvgIpc) is 3.68. The molecular formula is C68H68N2. The molecule has 0 N–H and O–H groups in total. The maximum absolute atomic E-state index is 2.52. The van der Waals surface area contributed by atoms with Crippen molar-refractivity contribution < 1.29 is 0 Å². The van der Waals surface area contributed by atoms with Crippen molar-refractivity contribution in [3.63, 3.8) is 0 Å². The van der Waals surface area contributed by atoms with E-state index in [0.29, 0.717) is 0 Å². The molecule has 2 nitrogen and oxygen atoms in total. The van der Waals surface area contributed by atoms with Crippen LogP contribution in [0.4, 0.5) is 17.1 Å². The molecule has 0 aliphatic heterocycles. The summed E-state index contributed by atoms with van der Waals surface area (Å²) in [5, 5.41) is 4.99. The second kappa shape index (κ2) is 17.4. The summed E-state index contributed by atoms with van der Waals surface area (Å²) in [6.07, 6.45) is 0. The number of para-hydroxylation sites is 4. The number of nitrogens with zero attached hydrogens (tertiary/aromatic N) is 2. The Morgan fingerprint density at radius 2 is 0.829 bits per heavy atom. The molecule has 10 rings (SSSR count). The van der Waals surface area contributed by atoms with Crippen LogP contribution in [0, 0.1) is 0 Å². The van der Waals surface area contributed by atoms with Gasteiger partial charge in [0, 0.05) is 39.0 Å². The van der Waals surface area contributed by atoms with Crippen LogP contribution in [0.5, 0.6) is 0 Å². The molecule has 1 heterocycles. The predicted octanol–water partition coefficient (Wildman–Crippen LogP) is 19.6. The van der Waals surface area contributed by atoms with Gasteiger partial charge in [0.05, 0.1) is 16.7 Å². The van der Waals surface area contributed by atoms with E-state index in [4.69, 9.17) is 0 Å². The van der Waals surface area contributed by atoms with Crippen molar-refractivity contribution in [3.05, 3.63) is 216 Å². The van der Waals surface area contributed by atoms with Crippen LogP contribution in [0.1, 0.15) is 105 Å². The Kier molecular flexibility index (Phi) is 11.5. The normalized spacial score (nSPS) is 12.6. The van der Waals surface area contributed by atoms with Crippen molar-refractivity contribution in [1.29, 1.82) is 0 Å². The molecule has 9 aromatic carbocycles. The molecule has 0 aliphatic rings. The van der Waals surface area contributed by atoms with E-state index in [1.807, 2.05) is 0 Å². The summed E-state index contributed by atoms with van der Waals surface area (Å²) in [4.78, 5) is 2.52. The van der Waals surface area contributed by atoms with E-state index in [9.17, 15) is 0 Å². The maximum atomic E-state index is 2.52. The van der Waals surface area contributed by atoms with E-state index in [-0.39, 0.29) is 21.7 Å². The summed E-state index contributed by atoms with van der Waals surface area (Å²) in [5.74, 6) is 0. The number of benzene rings is 9. The van der Waals surface area contributed by atoms with Gasteiger partial charge in [0.15, 0.2) is 0 Å². The number of hydrogen-bond donors (Lipinski definition) is 0. The van der Waals surface area contributed by atoms with Crippen molar-refractivity contribution in [2.24, 2.45) is 0 Å². The first-order valence-corrected chi connectivity index (χ1v) is 25.2. The van der Waals surface area contributed by atoms with Gasteiger partial charge >= 0.3 is 0 Å². The zero-order valence-corrected chi connectivity index (χ0v) is 43.4. The Bertz CT molecular complexity index is 3490. The van der Waals surface area contributed by atoms with Gasteiger partial charge in [-0.1, -0.05) is 229 Å². The molecule has 0 bridgehead atoms. The molecule has 350 valence electrons. The van der Waals surface area contributed by atoms with Gasteiger partial charge in [-0.25, -0.2) is 0 Å².